The Hall–Kier alpha value is -0.520. The Bertz CT molecular complexity index is 322. The van der Waals surface area contributed by atoms with E-state index in [0.29, 0.717) is 0 Å². The monoisotopic (exact) mass is 242 g/mol. The lowest BCUT2D eigenvalue weighted by Crippen LogP contribution is -2.30. The SMILES string of the molecule is COC(C(=S)NCC1CC1)c1cscn1. The van der Waals surface area contributed by atoms with Crippen LogP contribution < -0.4 is 5.32 Å². The van der Waals surface area contributed by atoms with Crippen LogP contribution in [0.2, 0.25) is 0 Å². The van der Waals surface area contributed by atoms with E-state index in [2.05, 4.69) is 10.3 Å². The lowest BCUT2D eigenvalue weighted by Gasteiger charge is -2.15. The highest BCUT2D eigenvalue weighted by molar-refractivity contribution is 7.80. The minimum absolute atomic E-state index is 0.190. The average Bonchev–Trinajstić information content (AvgIpc) is 2.92. The molecule has 0 spiro atoms. The molecule has 1 unspecified atom stereocenters. The number of aromatic nitrogens is 1. The van der Waals surface area contributed by atoms with Gasteiger partial charge in [0.15, 0.2) is 0 Å². The van der Waals surface area contributed by atoms with E-state index in [1.165, 1.54) is 12.8 Å². The van der Waals surface area contributed by atoms with E-state index in [4.69, 9.17) is 17.0 Å². The molecule has 0 saturated heterocycles. The Kier molecular flexibility index (Phi) is 3.66. The maximum Gasteiger partial charge on any atom is 0.150 e. The van der Waals surface area contributed by atoms with Crippen LogP contribution >= 0.6 is 23.6 Å². The third kappa shape index (κ3) is 2.96. The third-order valence-corrected chi connectivity index (χ3v) is 3.42. The van der Waals surface area contributed by atoms with Gasteiger partial charge in [0, 0.05) is 19.0 Å². The van der Waals surface area contributed by atoms with Gasteiger partial charge in [0.1, 0.15) is 11.1 Å². The van der Waals surface area contributed by atoms with Crippen LogP contribution in [-0.2, 0) is 4.74 Å². The molecule has 1 fully saturated rings. The smallest absolute Gasteiger partial charge is 0.150 e. The second kappa shape index (κ2) is 5.01. The van der Waals surface area contributed by atoms with Crippen molar-refractivity contribution in [3.05, 3.63) is 16.6 Å². The van der Waals surface area contributed by atoms with Gasteiger partial charge in [-0.25, -0.2) is 4.98 Å². The molecule has 1 atom stereocenters. The first kappa shape index (κ1) is 11.0. The van der Waals surface area contributed by atoms with E-state index >= 15 is 0 Å². The fourth-order valence-electron chi connectivity index (χ4n) is 1.37. The number of rotatable bonds is 5. The van der Waals surface area contributed by atoms with Crippen molar-refractivity contribution in [2.45, 2.75) is 18.9 Å². The summed E-state index contributed by atoms with van der Waals surface area (Å²) in [7, 11) is 1.66. The molecule has 0 radical (unpaired) electrons. The summed E-state index contributed by atoms with van der Waals surface area (Å²) in [6.45, 7) is 0.975. The van der Waals surface area contributed by atoms with E-state index < -0.39 is 0 Å². The number of hydrogen-bond donors (Lipinski definition) is 1. The van der Waals surface area contributed by atoms with Gasteiger partial charge in [0.05, 0.1) is 11.2 Å². The molecule has 2 rings (SSSR count). The highest BCUT2D eigenvalue weighted by Gasteiger charge is 2.23. The van der Waals surface area contributed by atoms with Crippen LogP contribution in [0.4, 0.5) is 0 Å². The van der Waals surface area contributed by atoms with Crippen LogP contribution in [0.3, 0.4) is 0 Å². The van der Waals surface area contributed by atoms with Gasteiger partial charge in [0.2, 0.25) is 0 Å². The predicted octanol–water partition coefficient (Wildman–Crippen LogP) is 2.16. The Labute approximate surface area is 98.9 Å². The molecule has 1 aromatic rings. The van der Waals surface area contributed by atoms with Gasteiger partial charge in [-0.1, -0.05) is 12.2 Å². The summed E-state index contributed by atoms with van der Waals surface area (Å²) in [4.78, 5) is 4.96. The standard InChI is InChI=1S/C10H14N2OS2/c1-13-9(8-5-15-6-12-8)10(14)11-4-7-2-3-7/h5-7,9H,2-4H2,1H3,(H,11,14). The van der Waals surface area contributed by atoms with Gasteiger partial charge >= 0.3 is 0 Å². The quantitative estimate of drug-likeness (QED) is 0.802. The summed E-state index contributed by atoms with van der Waals surface area (Å²) in [5.74, 6) is 0.816. The van der Waals surface area contributed by atoms with Gasteiger partial charge in [-0.3, -0.25) is 0 Å². The Balaban J connectivity index is 1.90. The van der Waals surface area contributed by atoms with Crippen molar-refractivity contribution in [2.75, 3.05) is 13.7 Å². The van der Waals surface area contributed by atoms with E-state index in [9.17, 15) is 0 Å². The molecule has 1 aliphatic rings. The third-order valence-electron chi connectivity index (χ3n) is 2.46. The van der Waals surface area contributed by atoms with Crippen LogP contribution in [0.15, 0.2) is 10.9 Å². The van der Waals surface area contributed by atoms with Crippen molar-refractivity contribution in [3.63, 3.8) is 0 Å². The minimum Gasteiger partial charge on any atom is -0.377 e. The maximum atomic E-state index is 5.35. The summed E-state index contributed by atoms with van der Waals surface area (Å²) in [6, 6.07) is 0. The number of ether oxygens (including phenoxy) is 1. The Morgan fingerprint density at radius 1 is 1.80 bits per heavy atom. The van der Waals surface area contributed by atoms with Crippen LogP contribution in [0.1, 0.15) is 24.6 Å². The van der Waals surface area contributed by atoms with Gasteiger partial charge in [-0.2, -0.15) is 0 Å². The van der Waals surface area contributed by atoms with Crippen LogP contribution in [0.5, 0.6) is 0 Å². The molecule has 1 aromatic heterocycles. The second-order valence-corrected chi connectivity index (χ2v) is 4.88. The molecule has 1 saturated carbocycles. The molecule has 0 bridgehead atoms. The zero-order valence-electron chi connectivity index (χ0n) is 8.60. The van der Waals surface area contributed by atoms with Crippen molar-refractivity contribution in [1.82, 2.24) is 10.3 Å². The second-order valence-electron chi connectivity index (χ2n) is 3.72. The van der Waals surface area contributed by atoms with Gasteiger partial charge in [-0.15, -0.1) is 11.3 Å². The molecule has 5 heteroatoms. The van der Waals surface area contributed by atoms with Crippen LogP contribution in [-0.4, -0.2) is 23.6 Å². The summed E-state index contributed by atoms with van der Waals surface area (Å²) in [5, 5.41) is 5.23. The molecule has 1 N–H and O–H groups in total. The van der Waals surface area contributed by atoms with Crippen molar-refractivity contribution in [2.24, 2.45) is 5.92 Å². The Morgan fingerprint density at radius 2 is 2.60 bits per heavy atom. The number of methoxy groups -OCH3 is 1. The topological polar surface area (TPSA) is 34.1 Å². The minimum atomic E-state index is -0.190. The highest BCUT2D eigenvalue weighted by atomic mass is 32.1. The number of nitrogens with zero attached hydrogens (tertiary/aromatic N) is 1. The normalized spacial score (nSPS) is 17.4. The van der Waals surface area contributed by atoms with Crippen LogP contribution in [0.25, 0.3) is 0 Å². The number of thiocarbonyl (C=S) groups is 1. The van der Waals surface area contributed by atoms with Gasteiger partial charge < -0.3 is 10.1 Å². The molecule has 15 heavy (non-hydrogen) atoms. The number of thiazole rings is 1. The van der Waals surface area contributed by atoms with E-state index in [-0.39, 0.29) is 6.10 Å². The predicted molar refractivity (Wildman–Crippen MR) is 65.2 cm³/mol. The molecular formula is C10H14N2OS2. The Morgan fingerprint density at radius 3 is 3.13 bits per heavy atom. The van der Waals surface area contributed by atoms with E-state index in [1.807, 2.05) is 5.38 Å². The van der Waals surface area contributed by atoms with Crippen molar-refractivity contribution < 1.29 is 4.74 Å². The molecular weight excluding hydrogens is 228 g/mol. The largest absolute Gasteiger partial charge is 0.377 e. The molecule has 1 aliphatic carbocycles. The average molecular weight is 242 g/mol. The number of hydrogen-bond acceptors (Lipinski definition) is 4. The summed E-state index contributed by atoms with van der Waals surface area (Å²) < 4.78 is 5.35. The van der Waals surface area contributed by atoms with Gasteiger partial charge in [-0.05, 0) is 18.8 Å². The summed E-state index contributed by atoms with van der Waals surface area (Å²) >= 11 is 6.86. The van der Waals surface area contributed by atoms with Crippen molar-refractivity contribution in [3.8, 4) is 0 Å². The molecule has 0 aromatic carbocycles. The highest BCUT2D eigenvalue weighted by Crippen LogP contribution is 2.28. The fraction of sp³-hybridized carbons (Fsp3) is 0.600. The fourth-order valence-corrected chi connectivity index (χ4v) is 2.24. The summed E-state index contributed by atoms with van der Waals surface area (Å²) in [5.41, 5.74) is 2.70. The van der Waals surface area contributed by atoms with E-state index in [1.54, 1.807) is 24.0 Å². The molecule has 3 nitrogen and oxygen atoms in total. The lowest BCUT2D eigenvalue weighted by atomic mass is 10.2. The number of nitrogens with one attached hydrogen (secondary N) is 1. The first-order valence-electron chi connectivity index (χ1n) is 5.00. The van der Waals surface area contributed by atoms with Gasteiger partial charge in [0.25, 0.3) is 0 Å². The first-order valence-corrected chi connectivity index (χ1v) is 6.35. The van der Waals surface area contributed by atoms with Crippen molar-refractivity contribution in [1.29, 1.82) is 0 Å². The molecule has 0 amide bonds. The molecule has 0 aliphatic heterocycles. The first-order chi connectivity index (χ1) is 7.31. The lowest BCUT2D eigenvalue weighted by molar-refractivity contribution is 0.154. The molecule has 82 valence electrons. The van der Waals surface area contributed by atoms with E-state index in [0.717, 1.165) is 23.1 Å². The van der Waals surface area contributed by atoms with Crippen molar-refractivity contribution >= 4 is 28.5 Å². The maximum absolute atomic E-state index is 5.35. The zero-order valence-corrected chi connectivity index (χ0v) is 10.2. The zero-order chi connectivity index (χ0) is 10.7. The van der Waals surface area contributed by atoms with Crippen LogP contribution in [0, 0.1) is 5.92 Å². The summed E-state index contributed by atoms with van der Waals surface area (Å²) in [6.07, 6.45) is 2.46. The molecule has 1 heterocycles.